The zero-order chi connectivity index (χ0) is 9.84. The third kappa shape index (κ3) is 2.56. The number of aldehydes is 1. The minimum atomic E-state index is 0.138. The number of hydrogen-bond acceptors (Lipinski definition) is 2. The predicted molar refractivity (Wildman–Crippen MR) is 54.9 cm³/mol. The summed E-state index contributed by atoms with van der Waals surface area (Å²) in [5.41, 5.74) is 0.965. The highest BCUT2D eigenvalue weighted by Gasteiger charge is 2.09. The van der Waals surface area contributed by atoms with E-state index in [2.05, 4.69) is 15.9 Å². The third-order valence-corrected chi connectivity index (χ3v) is 2.68. The van der Waals surface area contributed by atoms with E-state index in [1.807, 2.05) is 6.92 Å². The van der Waals surface area contributed by atoms with Gasteiger partial charge in [-0.15, -0.1) is 0 Å². The van der Waals surface area contributed by atoms with E-state index in [4.69, 9.17) is 0 Å². The van der Waals surface area contributed by atoms with Crippen LogP contribution in [0, 0.1) is 0 Å². The molecular formula is C10H11BrO2. The van der Waals surface area contributed by atoms with Crippen molar-refractivity contribution in [2.75, 3.05) is 0 Å². The molecule has 70 valence electrons. The van der Waals surface area contributed by atoms with E-state index >= 15 is 0 Å². The van der Waals surface area contributed by atoms with E-state index in [-0.39, 0.29) is 11.7 Å². The maximum absolute atomic E-state index is 10.3. The van der Waals surface area contributed by atoms with E-state index in [1.165, 1.54) is 0 Å². The molecule has 1 atom stereocenters. The molecule has 0 aliphatic rings. The lowest BCUT2D eigenvalue weighted by atomic mass is 9.98. The second kappa shape index (κ2) is 4.42. The summed E-state index contributed by atoms with van der Waals surface area (Å²) in [4.78, 5) is 10.3. The summed E-state index contributed by atoms with van der Waals surface area (Å²) in [5, 5.41) is 9.25. The molecule has 1 aromatic carbocycles. The summed E-state index contributed by atoms with van der Waals surface area (Å²) in [6.45, 7) is 1.95. The Kier molecular flexibility index (Phi) is 3.48. The Morgan fingerprint density at radius 2 is 2.31 bits per heavy atom. The van der Waals surface area contributed by atoms with Crippen molar-refractivity contribution in [3.8, 4) is 5.75 Å². The first-order valence-corrected chi connectivity index (χ1v) is 4.86. The van der Waals surface area contributed by atoms with Crippen molar-refractivity contribution in [3.05, 3.63) is 28.2 Å². The molecule has 0 saturated heterocycles. The standard InChI is InChI=1S/C10H11BrO2/c1-7(4-5-12)9-6-8(13)2-3-10(9)11/h2-3,5-7,13H,4H2,1H3. The molecule has 1 rings (SSSR count). The first kappa shape index (κ1) is 10.3. The van der Waals surface area contributed by atoms with Gasteiger partial charge in [0.2, 0.25) is 0 Å². The van der Waals surface area contributed by atoms with Gasteiger partial charge in [-0.25, -0.2) is 0 Å². The van der Waals surface area contributed by atoms with Gasteiger partial charge in [0, 0.05) is 10.9 Å². The summed E-state index contributed by atoms with van der Waals surface area (Å²) >= 11 is 3.37. The molecule has 0 fully saturated rings. The van der Waals surface area contributed by atoms with Crippen molar-refractivity contribution in [1.29, 1.82) is 0 Å². The van der Waals surface area contributed by atoms with Gasteiger partial charge in [0.05, 0.1) is 0 Å². The number of halogens is 1. The molecule has 0 radical (unpaired) electrons. The van der Waals surface area contributed by atoms with Crippen LogP contribution in [0.25, 0.3) is 0 Å². The summed E-state index contributed by atoms with van der Waals surface area (Å²) in [5.74, 6) is 0.370. The molecule has 0 aliphatic heterocycles. The Bertz CT molecular complexity index is 310. The van der Waals surface area contributed by atoms with Crippen LogP contribution in [0.15, 0.2) is 22.7 Å². The minimum Gasteiger partial charge on any atom is -0.508 e. The third-order valence-electron chi connectivity index (χ3n) is 1.96. The second-order valence-electron chi connectivity index (χ2n) is 3.01. The molecule has 13 heavy (non-hydrogen) atoms. The molecule has 0 bridgehead atoms. The topological polar surface area (TPSA) is 37.3 Å². The fourth-order valence-electron chi connectivity index (χ4n) is 1.18. The van der Waals surface area contributed by atoms with Crippen molar-refractivity contribution in [2.24, 2.45) is 0 Å². The first-order chi connectivity index (χ1) is 6.15. The van der Waals surface area contributed by atoms with E-state index in [0.717, 1.165) is 16.3 Å². The fraction of sp³-hybridized carbons (Fsp3) is 0.300. The van der Waals surface area contributed by atoms with Gasteiger partial charge in [0.1, 0.15) is 12.0 Å². The number of carbonyl (C=O) groups excluding carboxylic acids is 1. The fourth-order valence-corrected chi connectivity index (χ4v) is 1.82. The molecule has 0 amide bonds. The van der Waals surface area contributed by atoms with Gasteiger partial charge in [-0.1, -0.05) is 22.9 Å². The van der Waals surface area contributed by atoms with Gasteiger partial charge >= 0.3 is 0 Å². The SMILES string of the molecule is CC(CC=O)c1cc(O)ccc1Br. The number of carbonyl (C=O) groups is 1. The Morgan fingerprint density at radius 1 is 1.62 bits per heavy atom. The molecule has 0 heterocycles. The predicted octanol–water partition coefficient (Wildman–Crippen LogP) is 2.85. The van der Waals surface area contributed by atoms with Crippen molar-refractivity contribution in [3.63, 3.8) is 0 Å². The van der Waals surface area contributed by atoms with E-state index < -0.39 is 0 Å². The number of aromatic hydroxyl groups is 1. The van der Waals surface area contributed by atoms with Crippen molar-refractivity contribution < 1.29 is 9.90 Å². The molecule has 2 nitrogen and oxygen atoms in total. The van der Waals surface area contributed by atoms with Crippen LogP contribution in [0.5, 0.6) is 5.75 Å². The zero-order valence-corrected chi connectivity index (χ0v) is 8.91. The van der Waals surface area contributed by atoms with E-state index in [9.17, 15) is 9.90 Å². The average Bonchev–Trinajstić information content (AvgIpc) is 2.09. The van der Waals surface area contributed by atoms with Crippen LogP contribution >= 0.6 is 15.9 Å². The zero-order valence-electron chi connectivity index (χ0n) is 7.33. The van der Waals surface area contributed by atoms with Gasteiger partial charge < -0.3 is 9.90 Å². The lowest BCUT2D eigenvalue weighted by Gasteiger charge is -2.10. The molecule has 0 saturated carbocycles. The molecule has 0 aromatic heterocycles. The lowest BCUT2D eigenvalue weighted by molar-refractivity contribution is -0.108. The summed E-state index contributed by atoms with van der Waals surface area (Å²) in [6.07, 6.45) is 1.36. The van der Waals surface area contributed by atoms with E-state index in [0.29, 0.717) is 6.42 Å². The van der Waals surface area contributed by atoms with Gasteiger partial charge in [-0.2, -0.15) is 0 Å². The average molecular weight is 243 g/mol. The van der Waals surface area contributed by atoms with Crippen LogP contribution in [-0.2, 0) is 4.79 Å². The van der Waals surface area contributed by atoms with Gasteiger partial charge in [0.15, 0.2) is 0 Å². The molecule has 1 unspecified atom stereocenters. The van der Waals surface area contributed by atoms with Crippen molar-refractivity contribution >= 4 is 22.2 Å². The van der Waals surface area contributed by atoms with Gasteiger partial charge in [0.25, 0.3) is 0 Å². The Hall–Kier alpha value is -0.830. The highest BCUT2D eigenvalue weighted by atomic mass is 79.9. The molecule has 0 aliphatic carbocycles. The van der Waals surface area contributed by atoms with Crippen LogP contribution in [0.1, 0.15) is 24.8 Å². The number of phenolic OH excluding ortho intramolecular Hbond substituents is 1. The highest BCUT2D eigenvalue weighted by molar-refractivity contribution is 9.10. The highest BCUT2D eigenvalue weighted by Crippen LogP contribution is 2.29. The van der Waals surface area contributed by atoms with Crippen LogP contribution in [-0.4, -0.2) is 11.4 Å². The quantitative estimate of drug-likeness (QED) is 0.829. The largest absolute Gasteiger partial charge is 0.508 e. The minimum absolute atomic E-state index is 0.138. The van der Waals surface area contributed by atoms with Gasteiger partial charge in [-0.3, -0.25) is 0 Å². The van der Waals surface area contributed by atoms with Crippen LogP contribution in [0.3, 0.4) is 0 Å². The number of rotatable bonds is 3. The number of hydrogen-bond donors (Lipinski definition) is 1. The van der Waals surface area contributed by atoms with Crippen LogP contribution < -0.4 is 0 Å². The second-order valence-corrected chi connectivity index (χ2v) is 3.86. The number of benzene rings is 1. The summed E-state index contributed by atoms with van der Waals surface area (Å²) in [7, 11) is 0. The monoisotopic (exact) mass is 242 g/mol. The van der Waals surface area contributed by atoms with Crippen molar-refractivity contribution in [2.45, 2.75) is 19.3 Å². The van der Waals surface area contributed by atoms with Crippen LogP contribution in [0.2, 0.25) is 0 Å². The summed E-state index contributed by atoms with van der Waals surface area (Å²) < 4.78 is 0.930. The van der Waals surface area contributed by atoms with Gasteiger partial charge in [-0.05, 0) is 29.7 Å². The molecule has 0 spiro atoms. The molecule has 1 aromatic rings. The van der Waals surface area contributed by atoms with Crippen molar-refractivity contribution in [1.82, 2.24) is 0 Å². The Balaban J connectivity index is 2.97. The maximum atomic E-state index is 10.3. The molecular weight excluding hydrogens is 232 g/mol. The maximum Gasteiger partial charge on any atom is 0.120 e. The van der Waals surface area contributed by atoms with E-state index in [1.54, 1.807) is 18.2 Å². The first-order valence-electron chi connectivity index (χ1n) is 4.07. The molecule has 3 heteroatoms. The lowest BCUT2D eigenvalue weighted by Crippen LogP contribution is -1.95. The van der Waals surface area contributed by atoms with Crippen LogP contribution in [0.4, 0.5) is 0 Å². The summed E-state index contributed by atoms with van der Waals surface area (Å²) in [6, 6.07) is 5.07. The Morgan fingerprint density at radius 3 is 2.92 bits per heavy atom. The number of phenols is 1. The Labute approximate surface area is 85.7 Å². The smallest absolute Gasteiger partial charge is 0.120 e. The molecule has 1 N–H and O–H groups in total. The normalized spacial score (nSPS) is 12.5.